The van der Waals surface area contributed by atoms with Crippen molar-refractivity contribution in [3.63, 3.8) is 0 Å². The zero-order valence-electron chi connectivity index (χ0n) is 11.8. The van der Waals surface area contributed by atoms with E-state index in [-0.39, 0.29) is 11.9 Å². The molecule has 0 aromatic heterocycles. The fourth-order valence-electron chi connectivity index (χ4n) is 2.97. The maximum Gasteiger partial charge on any atom is 0.123 e. The number of hydrogen-bond donors (Lipinski definition) is 1. The molecule has 1 fully saturated rings. The normalized spacial score (nSPS) is 21.4. The molecule has 0 radical (unpaired) electrons. The summed E-state index contributed by atoms with van der Waals surface area (Å²) in [5.74, 6) is -0.235. The van der Waals surface area contributed by atoms with Gasteiger partial charge in [0.2, 0.25) is 0 Å². The van der Waals surface area contributed by atoms with Crippen LogP contribution in [-0.2, 0) is 4.74 Å². The molecule has 19 heavy (non-hydrogen) atoms. The smallest absolute Gasteiger partial charge is 0.123 e. The second kappa shape index (κ2) is 6.49. The van der Waals surface area contributed by atoms with E-state index in [1.54, 1.807) is 0 Å². The first-order valence-electron chi connectivity index (χ1n) is 7.14. The lowest BCUT2D eigenvalue weighted by molar-refractivity contribution is 0.00204. The third-order valence-electron chi connectivity index (χ3n) is 3.93. The van der Waals surface area contributed by atoms with Crippen LogP contribution >= 0.6 is 0 Å². The molecule has 1 aliphatic rings. The Morgan fingerprint density at radius 3 is 2.58 bits per heavy atom. The van der Waals surface area contributed by atoms with Gasteiger partial charge >= 0.3 is 0 Å². The molecule has 106 valence electrons. The van der Waals surface area contributed by atoms with E-state index in [0.717, 1.165) is 42.6 Å². The van der Waals surface area contributed by atoms with Crippen LogP contribution in [0.25, 0.3) is 0 Å². The van der Waals surface area contributed by atoms with Crippen LogP contribution in [0.4, 0.5) is 4.39 Å². The molecule has 0 bridgehead atoms. The van der Waals surface area contributed by atoms with Crippen molar-refractivity contribution < 1.29 is 14.2 Å². The molecule has 0 aliphatic carbocycles. The van der Waals surface area contributed by atoms with Crippen molar-refractivity contribution in [2.45, 2.75) is 58.2 Å². The van der Waals surface area contributed by atoms with Crippen LogP contribution in [0.1, 0.15) is 54.9 Å². The molecular weight excluding hydrogens is 243 g/mol. The Bertz CT molecular complexity index is 402. The van der Waals surface area contributed by atoms with Crippen LogP contribution < -0.4 is 0 Å². The van der Waals surface area contributed by atoms with E-state index in [0.29, 0.717) is 6.42 Å². The second-order valence-corrected chi connectivity index (χ2v) is 5.53. The van der Waals surface area contributed by atoms with Gasteiger partial charge in [0, 0.05) is 6.61 Å². The zero-order valence-corrected chi connectivity index (χ0v) is 11.8. The van der Waals surface area contributed by atoms with Crippen LogP contribution in [0.3, 0.4) is 0 Å². The molecule has 2 unspecified atom stereocenters. The van der Waals surface area contributed by atoms with E-state index in [1.165, 1.54) is 18.6 Å². The van der Waals surface area contributed by atoms with Gasteiger partial charge in [0.1, 0.15) is 5.82 Å². The first-order valence-corrected chi connectivity index (χ1v) is 7.14. The summed E-state index contributed by atoms with van der Waals surface area (Å²) in [4.78, 5) is 0. The van der Waals surface area contributed by atoms with Crippen molar-refractivity contribution >= 4 is 0 Å². The second-order valence-electron chi connectivity index (χ2n) is 5.53. The average molecular weight is 266 g/mol. The molecule has 2 nitrogen and oxygen atoms in total. The molecule has 1 aromatic carbocycles. The molecule has 0 spiro atoms. The summed E-state index contributed by atoms with van der Waals surface area (Å²) in [6.45, 7) is 4.55. The SMILES string of the molecule is Cc1cc(F)cc(C)c1C(O)CCC1CCCCO1. The number of benzene rings is 1. The molecule has 1 aliphatic heterocycles. The van der Waals surface area contributed by atoms with E-state index < -0.39 is 6.10 Å². The molecule has 2 rings (SSSR count). The Balaban J connectivity index is 1.97. The monoisotopic (exact) mass is 266 g/mol. The van der Waals surface area contributed by atoms with Crippen molar-refractivity contribution in [1.82, 2.24) is 0 Å². The van der Waals surface area contributed by atoms with E-state index in [1.807, 2.05) is 13.8 Å². The quantitative estimate of drug-likeness (QED) is 0.897. The van der Waals surface area contributed by atoms with Gasteiger partial charge < -0.3 is 9.84 Å². The predicted octanol–water partition coefficient (Wildman–Crippen LogP) is 3.83. The fraction of sp³-hybridized carbons (Fsp3) is 0.625. The Hall–Kier alpha value is -0.930. The standard InChI is InChI=1S/C16H23FO2/c1-11-9-13(17)10-12(2)16(11)15(18)7-6-14-5-3-4-8-19-14/h9-10,14-15,18H,3-8H2,1-2H3. The maximum atomic E-state index is 13.2. The molecular formula is C16H23FO2. The summed E-state index contributed by atoms with van der Waals surface area (Å²) < 4.78 is 18.9. The topological polar surface area (TPSA) is 29.5 Å². The molecule has 1 aromatic rings. The summed E-state index contributed by atoms with van der Waals surface area (Å²) in [7, 11) is 0. The van der Waals surface area contributed by atoms with Crippen molar-refractivity contribution in [3.05, 3.63) is 34.6 Å². The summed E-state index contributed by atoms with van der Waals surface area (Å²) in [6.07, 6.45) is 4.77. The highest BCUT2D eigenvalue weighted by Crippen LogP contribution is 2.28. The first-order chi connectivity index (χ1) is 9.08. The molecule has 1 saturated heterocycles. The van der Waals surface area contributed by atoms with Gasteiger partial charge in [-0.2, -0.15) is 0 Å². The van der Waals surface area contributed by atoms with Gasteiger partial charge in [-0.05, 0) is 74.8 Å². The summed E-state index contributed by atoms with van der Waals surface area (Å²) in [5.41, 5.74) is 2.53. The Morgan fingerprint density at radius 2 is 2.00 bits per heavy atom. The lowest BCUT2D eigenvalue weighted by atomic mass is 9.93. The minimum Gasteiger partial charge on any atom is -0.388 e. The molecule has 0 saturated carbocycles. The number of rotatable bonds is 4. The summed E-state index contributed by atoms with van der Waals surface area (Å²) in [5, 5.41) is 10.3. The van der Waals surface area contributed by atoms with E-state index in [9.17, 15) is 9.50 Å². The largest absolute Gasteiger partial charge is 0.388 e. The van der Waals surface area contributed by atoms with Crippen molar-refractivity contribution in [1.29, 1.82) is 0 Å². The molecule has 1 N–H and O–H groups in total. The van der Waals surface area contributed by atoms with Gasteiger partial charge in [0.25, 0.3) is 0 Å². The van der Waals surface area contributed by atoms with Crippen LogP contribution in [0.15, 0.2) is 12.1 Å². The summed E-state index contributed by atoms with van der Waals surface area (Å²) in [6, 6.07) is 2.98. The number of aliphatic hydroxyl groups excluding tert-OH is 1. The third kappa shape index (κ3) is 3.77. The van der Waals surface area contributed by atoms with Crippen molar-refractivity contribution in [2.24, 2.45) is 0 Å². The number of hydrogen-bond acceptors (Lipinski definition) is 2. The van der Waals surface area contributed by atoms with Gasteiger partial charge in [-0.3, -0.25) is 0 Å². The Morgan fingerprint density at radius 1 is 1.32 bits per heavy atom. The van der Waals surface area contributed by atoms with Gasteiger partial charge in [-0.1, -0.05) is 0 Å². The fourth-order valence-corrected chi connectivity index (χ4v) is 2.97. The highest BCUT2D eigenvalue weighted by molar-refractivity contribution is 5.36. The average Bonchev–Trinajstić information content (AvgIpc) is 2.36. The summed E-state index contributed by atoms with van der Waals surface area (Å²) >= 11 is 0. The number of ether oxygens (including phenoxy) is 1. The highest BCUT2D eigenvalue weighted by Gasteiger charge is 2.19. The van der Waals surface area contributed by atoms with Crippen LogP contribution in [0, 0.1) is 19.7 Å². The molecule has 0 amide bonds. The minimum absolute atomic E-state index is 0.235. The van der Waals surface area contributed by atoms with Gasteiger partial charge in [-0.15, -0.1) is 0 Å². The maximum absolute atomic E-state index is 13.2. The number of aryl methyl sites for hydroxylation is 2. The first kappa shape index (κ1) is 14.5. The number of halogens is 1. The van der Waals surface area contributed by atoms with Crippen LogP contribution in [0.5, 0.6) is 0 Å². The van der Waals surface area contributed by atoms with Gasteiger partial charge in [-0.25, -0.2) is 4.39 Å². The Kier molecular flexibility index (Phi) is 4.94. The van der Waals surface area contributed by atoms with E-state index in [2.05, 4.69) is 0 Å². The lowest BCUT2D eigenvalue weighted by Gasteiger charge is -2.24. The van der Waals surface area contributed by atoms with Crippen LogP contribution in [-0.4, -0.2) is 17.8 Å². The van der Waals surface area contributed by atoms with Gasteiger partial charge in [0.05, 0.1) is 12.2 Å². The van der Waals surface area contributed by atoms with Crippen molar-refractivity contribution in [2.75, 3.05) is 6.61 Å². The molecule has 3 heteroatoms. The minimum atomic E-state index is -0.522. The zero-order chi connectivity index (χ0) is 13.8. The molecule has 1 heterocycles. The number of aliphatic hydroxyl groups is 1. The Labute approximate surface area is 114 Å². The van der Waals surface area contributed by atoms with Crippen molar-refractivity contribution in [3.8, 4) is 0 Å². The molecule has 2 atom stereocenters. The lowest BCUT2D eigenvalue weighted by Crippen LogP contribution is -2.20. The van der Waals surface area contributed by atoms with Gasteiger partial charge in [0.15, 0.2) is 0 Å². The van der Waals surface area contributed by atoms with E-state index >= 15 is 0 Å². The van der Waals surface area contributed by atoms with Crippen LogP contribution in [0.2, 0.25) is 0 Å². The highest BCUT2D eigenvalue weighted by atomic mass is 19.1. The predicted molar refractivity (Wildman–Crippen MR) is 73.7 cm³/mol. The van der Waals surface area contributed by atoms with E-state index in [4.69, 9.17) is 4.74 Å². The third-order valence-corrected chi connectivity index (χ3v) is 3.93.